The van der Waals surface area contributed by atoms with Gasteiger partial charge in [0.25, 0.3) is 0 Å². The van der Waals surface area contributed by atoms with E-state index in [1.807, 2.05) is 14.0 Å². The van der Waals surface area contributed by atoms with Crippen LogP contribution < -0.4 is 16.0 Å². The van der Waals surface area contributed by atoms with Gasteiger partial charge in [0.1, 0.15) is 5.82 Å². The quantitative estimate of drug-likeness (QED) is 0.642. The average Bonchev–Trinajstić information content (AvgIpc) is 3.08. The summed E-state index contributed by atoms with van der Waals surface area (Å²) < 4.78 is 2.34. The fourth-order valence-electron chi connectivity index (χ4n) is 6.11. The van der Waals surface area contributed by atoms with Crippen LogP contribution in [-0.4, -0.2) is 40.1 Å². The third-order valence-electron chi connectivity index (χ3n) is 8.17. The molecule has 0 atom stereocenters. The van der Waals surface area contributed by atoms with Crippen LogP contribution in [0.3, 0.4) is 0 Å². The summed E-state index contributed by atoms with van der Waals surface area (Å²) in [7, 11) is 1.87. The fraction of sp³-hybridized carbons (Fsp3) is 0.625. The number of nitrogens with zero attached hydrogens (tertiary/aromatic N) is 4. The number of hydrogen-bond acceptors (Lipinski definition) is 6. The van der Waals surface area contributed by atoms with Crippen LogP contribution in [-0.2, 0) is 19.5 Å². The van der Waals surface area contributed by atoms with Gasteiger partial charge in [-0.1, -0.05) is 0 Å². The minimum absolute atomic E-state index is 0.114. The van der Waals surface area contributed by atoms with Crippen molar-refractivity contribution >= 4 is 17.7 Å². The van der Waals surface area contributed by atoms with Gasteiger partial charge in [-0.05, 0) is 63.9 Å². The van der Waals surface area contributed by atoms with Gasteiger partial charge in [-0.25, -0.2) is 4.98 Å². The standard InChI is InChI=1S/C24H35N7/c1-16-12-21(18(13-25)22(27-3)28-16)30-11-4-20-19(14-30)17(2)29-31(20)15-23-5-8-24(26,9-6-23)10-7-23/h12-13,25H,4-11,14-15,26H2,1-3H3,(H,27,28). The molecule has 2 aromatic heterocycles. The molecule has 2 aromatic rings. The molecule has 3 saturated carbocycles. The molecule has 2 bridgehead atoms. The molecule has 4 N–H and O–H groups in total. The molecule has 6 rings (SSSR count). The van der Waals surface area contributed by atoms with Crippen LogP contribution in [0.2, 0.25) is 0 Å². The largest absolute Gasteiger partial charge is 0.373 e. The first kappa shape index (κ1) is 20.5. The van der Waals surface area contributed by atoms with Crippen LogP contribution >= 0.6 is 0 Å². The van der Waals surface area contributed by atoms with E-state index >= 15 is 0 Å². The molecule has 0 unspecified atom stereocenters. The van der Waals surface area contributed by atoms with Crippen LogP contribution in [0.5, 0.6) is 0 Å². The number of pyridine rings is 1. The Hall–Kier alpha value is -2.41. The van der Waals surface area contributed by atoms with Crippen molar-refractivity contribution in [2.75, 3.05) is 23.8 Å². The minimum atomic E-state index is 0.114. The van der Waals surface area contributed by atoms with Crippen LogP contribution in [0, 0.1) is 24.7 Å². The van der Waals surface area contributed by atoms with Gasteiger partial charge in [0.15, 0.2) is 0 Å². The van der Waals surface area contributed by atoms with Gasteiger partial charge >= 0.3 is 0 Å². The monoisotopic (exact) mass is 421 g/mol. The summed E-state index contributed by atoms with van der Waals surface area (Å²) in [5.74, 6) is 0.771. The molecule has 3 fully saturated rings. The molecule has 31 heavy (non-hydrogen) atoms. The molecular formula is C24H35N7. The average molecular weight is 422 g/mol. The SMILES string of the molecule is CNc1nc(C)cc(N2CCc3c(c(C)nn3CC34CCC(N)(CC3)CC4)C2)c1C=N. The third-order valence-corrected chi connectivity index (χ3v) is 8.17. The van der Waals surface area contributed by atoms with Crippen molar-refractivity contribution in [1.82, 2.24) is 14.8 Å². The summed E-state index contributed by atoms with van der Waals surface area (Å²) >= 11 is 0. The molecule has 1 aliphatic heterocycles. The van der Waals surface area contributed by atoms with Gasteiger partial charge in [-0.3, -0.25) is 4.68 Å². The first-order valence-electron chi connectivity index (χ1n) is 11.6. The Kier molecular flexibility index (Phi) is 4.84. The van der Waals surface area contributed by atoms with Gasteiger partial charge in [-0.15, -0.1) is 0 Å². The number of hydrogen-bond donors (Lipinski definition) is 3. The predicted molar refractivity (Wildman–Crippen MR) is 125 cm³/mol. The lowest BCUT2D eigenvalue weighted by atomic mass is 9.57. The van der Waals surface area contributed by atoms with E-state index < -0.39 is 0 Å². The predicted octanol–water partition coefficient (Wildman–Crippen LogP) is 3.55. The number of nitrogens with two attached hydrogens (primary N) is 1. The maximum atomic E-state index is 7.96. The molecule has 0 spiro atoms. The Labute approximate surface area is 184 Å². The van der Waals surface area contributed by atoms with Gasteiger partial charge < -0.3 is 21.4 Å². The Morgan fingerprint density at radius 1 is 1.19 bits per heavy atom. The normalized spacial score (nSPS) is 27.3. The van der Waals surface area contributed by atoms with Crippen LogP contribution in [0.4, 0.5) is 11.5 Å². The second-order valence-electron chi connectivity index (χ2n) is 10.1. The van der Waals surface area contributed by atoms with Crippen molar-refractivity contribution in [2.24, 2.45) is 11.1 Å². The summed E-state index contributed by atoms with van der Waals surface area (Å²) in [6.45, 7) is 6.99. The van der Waals surface area contributed by atoms with E-state index in [0.29, 0.717) is 5.41 Å². The zero-order valence-electron chi connectivity index (χ0n) is 19.1. The molecule has 7 heteroatoms. The molecular weight excluding hydrogens is 386 g/mol. The molecule has 4 aliphatic rings. The Morgan fingerprint density at radius 2 is 1.90 bits per heavy atom. The molecule has 7 nitrogen and oxygen atoms in total. The number of rotatable bonds is 5. The topological polar surface area (TPSA) is 95.8 Å². The molecule has 0 amide bonds. The summed E-state index contributed by atoms with van der Waals surface area (Å²) in [6.07, 6.45) is 9.66. The van der Waals surface area contributed by atoms with E-state index in [9.17, 15) is 0 Å². The zero-order chi connectivity index (χ0) is 21.8. The Balaban J connectivity index is 1.42. The number of fused-ring (bicyclic) bond motifs is 4. The van der Waals surface area contributed by atoms with Crippen molar-refractivity contribution in [3.05, 3.63) is 34.3 Å². The van der Waals surface area contributed by atoms with Gasteiger partial charge in [0, 0.05) is 61.8 Å². The van der Waals surface area contributed by atoms with Crippen LogP contribution in [0.15, 0.2) is 6.07 Å². The lowest BCUT2D eigenvalue weighted by Gasteiger charge is -2.52. The number of aryl methyl sites for hydroxylation is 2. The van der Waals surface area contributed by atoms with Gasteiger partial charge in [-0.2, -0.15) is 5.10 Å². The molecule has 3 aliphatic carbocycles. The number of aromatic nitrogens is 3. The first-order valence-corrected chi connectivity index (χ1v) is 11.6. The molecule has 166 valence electrons. The van der Waals surface area contributed by atoms with Crippen molar-refractivity contribution in [3.63, 3.8) is 0 Å². The Morgan fingerprint density at radius 3 is 2.55 bits per heavy atom. The second-order valence-corrected chi connectivity index (χ2v) is 10.1. The smallest absolute Gasteiger partial charge is 0.136 e. The van der Waals surface area contributed by atoms with Crippen molar-refractivity contribution in [2.45, 2.75) is 77.4 Å². The second kappa shape index (κ2) is 7.33. The summed E-state index contributed by atoms with van der Waals surface area (Å²) in [4.78, 5) is 6.95. The van der Waals surface area contributed by atoms with Crippen molar-refractivity contribution < 1.29 is 0 Å². The van der Waals surface area contributed by atoms with Crippen LogP contribution in [0.1, 0.15) is 66.7 Å². The molecule has 0 saturated heterocycles. The van der Waals surface area contributed by atoms with E-state index in [-0.39, 0.29) is 5.54 Å². The van der Waals surface area contributed by atoms with Crippen molar-refractivity contribution in [1.29, 1.82) is 5.41 Å². The molecule has 0 aromatic carbocycles. The van der Waals surface area contributed by atoms with Gasteiger partial charge in [0.05, 0.1) is 16.9 Å². The van der Waals surface area contributed by atoms with Crippen LogP contribution in [0.25, 0.3) is 0 Å². The summed E-state index contributed by atoms with van der Waals surface area (Å²) in [5.41, 5.74) is 13.9. The number of nitrogens with one attached hydrogen (secondary N) is 2. The fourth-order valence-corrected chi connectivity index (χ4v) is 6.11. The summed E-state index contributed by atoms with van der Waals surface area (Å²) in [5, 5.41) is 16.1. The highest BCUT2D eigenvalue weighted by Crippen LogP contribution is 2.52. The summed E-state index contributed by atoms with van der Waals surface area (Å²) in [6, 6.07) is 2.11. The minimum Gasteiger partial charge on any atom is -0.373 e. The lowest BCUT2D eigenvalue weighted by molar-refractivity contribution is 0.0263. The molecule has 3 heterocycles. The van der Waals surface area contributed by atoms with E-state index in [1.165, 1.54) is 56.0 Å². The highest BCUT2D eigenvalue weighted by atomic mass is 15.3. The van der Waals surface area contributed by atoms with E-state index in [1.54, 1.807) is 0 Å². The van der Waals surface area contributed by atoms with Gasteiger partial charge in [0.2, 0.25) is 0 Å². The zero-order valence-corrected chi connectivity index (χ0v) is 19.1. The number of anilines is 2. The highest BCUT2D eigenvalue weighted by Gasteiger charge is 2.47. The highest BCUT2D eigenvalue weighted by molar-refractivity contribution is 5.92. The van der Waals surface area contributed by atoms with Crippen molar-refractivity contribution in [3.8, 4) is 0 Å². The maximum absolute atomic E-state index is 7.96. The molecule has 0 radical (unpaired) electrons. The van der Waals surface area contributed by atoms with E-state index in [2.05, 4.69) is 32.9 Å². The third kappa shape index (κ3) is 3.43. The maximum Gasteiger partial charge on any atom is 0.136 e. The van der Waals surface area contributed by atoms with E-state index in [4.69, 9.17) is 16.2 Å². The lowest BCUT2D eigenvalue weighted by Crippen LogP contribution is -2.53. The Bertz CT molecular complexity index is 997. The first-order chi connectivity index (χ1) is 14.9. The van der Waals surface area contributed by atoms with E-state index in [0.717, 1.165) is 54.5 Å².